The summed E-state index contributed by atoms with van der Waals surface area (Å²) in [6.45, 7) is 0. The molecule has 0 amide bonds. The predicted octanol–water partition coefficient (Wildman–Crippen LogP) is 2.96. The molecule has 24 heavy (non-hydrogen) atoms. The van der Waals surface area contributed by atoms with Crippen LogP contribution in [0.25, 0.3) is 6.08 Å². The van der Waals surface area contributed by atoms with Gasteiger partial charge in [-0.05, 0) is 35.9 Å². The molecule has 0 aliphatic carbocycles. The summed E-state index contributed by atoms with van der Waals surface area (Å²) in [5.41, 5.74) is 1.21. The van der Waals surface area contributed by atoms with Crippen molar-refractivity contribution in [2.24, 2.45) is 4.99 Å². The first-order valence-corrected chi connectivity index (χ1v) is 7.04. The highest BCUT2D eigenvalue weighted by Gasteiger charge is 2.25. The fourth-order valence-electron chi connectivity index (χ4n) is 2.15. The van der Waals surface area contributed by atoms with Gasteiger partial charge < -0.3 is 9.47 Å². The Morgan fingerprint density at radius 1 is 1.17 bits per heavy atom. The van der Waals surface area contributed by atoms with Crippen LogP contribution in [0.15, 0.2) is 59.2 Å². The van der Waals surface area contributed by atoms with Crippen LogP contribution in [0.4, 0.5) is 4.39 Å². The molecule has 0 aromatic heterocycles. The van der Waals surface area contributed by atoms with Crippen LogP contribution in [0.1, 0.15) is 21.5 Å². The monoisotopic (exact) mass is 325 g/mol. The van der Waals surface area contributed by atoms with E-state index in [9.17, 15) is 14.0 Å². The van der Waals surface area contributed by atoms with Gasteiger partial charge in [-0.15, -0.1) is 0 Å². The van der Waals surface area contributed by atoms with Crippen molar-refractivity contribution in [1.29, 1.82) is 0 Å². The smallest absolute Gasteiger partial charge is 0.363 e. The van der Waals surface area contributed by atoms with Gasteiger partial charge in [0.1, 0.15) is 5.82 Å². The lowest BCUT2D eigenvalue weighted by Crippen LogP contribution is -2.07. The molecule has 0 N–H and O–H groups in total. The summed E-state index contributed by atoms with van der Waals surface area (Å²) in [5.74, 6) is -1.71. The maximum atomic E-state index is 13.7. The Morgan fingerprint density at radius 3 is 2.54 bits per heavy atom. The van der Waals surface area contributed by atoms with Crippen LogP contribution >= 0.6 is 0 Å². The van der Waals surface area contributed by atoms with Gasteiger partial charge in [-0.1, -0.05) is 24.3 Å². The normalized spacial score (nSPS) is 15.2. The van der Waals surface area contributed by atoms with Crippen molar-refractivity contribution in [3.05, 3.63) is 76.7 Å². The number of benzene rings is 2. The van der Waals surface area contributed by atoms with Crippen molar-refractivity contribution in [1.82, 2.24) is 0 Å². The van der Waals surface area contributed by atoms with E-state index >= 15 is 0 Å². The van der Waals surface area contributed by atoms with Crippen LogP contribution in [0.5, 0.6) is 0 Å². The summed E-state index contributed by atoms with van der Waals surface area (Å²) < 4.78 is 23.4. The van der Waals surface area contributed by atoms with Gasteiger partial charge in [0.2, 0.25) is 5.90 Å². The van der Waals surface area contributed by atoms with Crippen LogP contribution in [-0.4, -0.2) is 24.9 Å². The molecule has 0 unspecified atom stereocenters. The van der Waals surface area contributed by atoms with Gasteiger partial charge in [0.05, 0.1) is 18.2 Å². The van der Waals surface area contributed by atoms with Crippen molar-refractivity contribution in [3.63, 3.8) is 0 Å². The minimum absolute atomic E-state index is 0.0547. The first-order valence-electron chi connectivity index (χ1n) is 7.04. The maximum absolute atomic E-state index is 13.7. The molecule has 3 rings (SSSR count). The van der Waals surface area contributed by atoms with E-state index in [1.54, 1.807) is 30.3 Å². The quantitative estimate of drug-likeness (QED) is 0.643. The van der Waals surface area contributed by atoms with E-state index < -0.39 is 17.8 Å². The van der Waals surface area contributed by atoms with E-state index in [4.69, 9.17) is 4.74 Å². The van der Waals surface area contributed by atoms with E-state index in [2.05, 4.69) is 9.73 Å². The average Bonchev–Trinajstić information content (AvgIpc) is 2.95. The second-order valence-corrected chi connectivity index (χ2v) is 4.93. The topological polar surface area (TPSA) is 65.0 Å². The summed E-state index contributed by atoms with van der Waals surface area (Å²) in [6, 6.07) is 12.3. The second kappa shape index (κ2) is 6.45. The number of cyclic esters (lactones) is 1. The van der Waals surface area contributed by atoms with Crippen molar-refractivity contribution in [3.8, 4) is 0 Å². The first-order chi connectivity index (χ1) is 11.6. The maximum Gasteiger partial charge on any atom is 0.363 e. The fourth-order valence-corrected chi connectivity index (χ4v) is 2.15. The fraction of sp³-hybridized carbons (Fsp3) is 0.0556. The number of halogens is 1. The zero-order valence-corrected chi connectivity index (χ0v) is 12.7. The van der Waals surface area contributed by atoms with Crippen LogP contribution < -0.4 is 0 Å². The Labute approximate surface area is 137 Å². The number of hydrogen-bond donors (Lipinski definition) is 0. The molecule has 1 heterocycles. The largest absolute Gasteiger partial charge is 0.465 e. The number of aliphatic imine (C=N–C) groups is 1. The molecule has 1 aliphatic heterocycles. The summed E-state index contributed by atoms with van der Waals surface area (Å²) in [6.07, 6.45) is 1.50. The molecule has 0 bridgehead atoms. The van der Waals surface area contributed by atoms with Crippen molar-refractivity contribution < 1.29 is 23.5 Å². The molecule has 0 radical (unpaired) electrons. The first kappa shape index (κ1) is 15.6. The molecule has 0 saturated carbocycles. The van der Waals surface area contributed by atoms with Gasteiger partial charge in [0.25, 0.3) is 0 Å². The van der Waals surface area contributed by atoms with Crippen LogP contribution in [0, 0.1) is 5.82 Å². The number of hydrogen-bond acceptors (Lipinski definition) is 5. The SMILES string of the molecule is COC(=O)c1ccc(/C=C2/N=C(c3ccccc3F)OC2=O)cc1. The number of nitrogens with zero attached hydrogens (tertiary/aromatic N) is 1. The lowest BCUT2D eigenvalue weighted by Gasteiger charge is -1.99. The Hall–Kier alpha value is -3.28. The van der Waals surface area contributed by atoms with Crippen molar-refractivity contribution in [2.75, 3.05) is 7.11 Å². The number of ether oxygens (including phenoxy) is 2. The third kappa shape index (κ3) is 3.08. The average molecular weight is 325 g/mol. The highest BCUT2D eigenvalue weighted by molar-refractivity contribution is 6.12. The number of methoxy groups -OCH3 is 1. The van der Waals surface area contributed by atoms with Gasteiger partial charge in [-0.3, -0.25) is 0 Å². The molecular formula is C18H12FNO4. The second-order valence-electron chi connectivity index (χ2n) is 4.93. The molecule has 0 spiro atoms. The number of esters is 2. The molecule has 0 fully saturated rings. The van der Waals surface area contributed by atoms with Crippen molar-refractivity contribution in [2.45, 2.75) is 0 Å². The third-order valence-corrected chi connectivity index (χ3v) is 3.36. The van der Waals surface area contributed by atoms with E-state index in [0.717, 1.165) is 0 Å². The highest BCUT2D eigenvalue weighted by Crippen LogP contribution is 2.20. The molecule has 0 saturated heterocycles. The minimum atomic E-state index is -0.662. The Morgan fingerprint density at radius 2 is 1.88 bits per heavy atom. The summed E-state index contributed by atoms with van der Waals surface area (Å²) in [7, 11) is 1.30. The number of carbonyl (C=O) groups excluding carboxylic acids is 2. The van der Waals surface area contributed by atoms with Crippen LogP contribution in [-0.2, 0) is 14.3 Å². The highest BCUT2D eigenvalue weighted by atomic mass is 19.1. The molecular weight excluding hydrogens is 313 g/mol. The molecule has 2 aromatic carbocycles. The lowest BCUT2D eigenvalue weighted by atomic mass is 10.1. The molecule has 5 nitrogen and oxygen atoms in total. The van der Waals surface area contributed by atoms with E-state index in [1.807, 2.05) is 0 Å². The van der Waals surface area contributed by atoms with Gasteiger partial charge in [-0.25, -0.2) is 19.0 Å². The van der Waals surface area contributed by atoms with Crippen LogP contribution in [0.3, 0.4) is 0 Å². The zero-order valence-electron chi connectivity index (χ0n) is 12.7. The molecule has 1 aliphatic rings. The molecule has 120 valence electrons. The summed E-state index contributed by atoms with van der Waals surface area (Å²) in [5, 5.41) is 0. The van der Waals surface area contributed by atoms with Crippen molar-refractivity contribution >= 4 is 23.9 Å². The van der Waals surface area contributed by atoms with E-state index in [0.29, 0.717) is 11.1 Å². The lowest BCUT2D eigenvalue weighted by molar-refractivity contribution is -0.129. The minimum Gasteiger partial charge on any atom is -0.465 e. The Bertz CT molecular complexity index is 869. The third-order valence-electron chi connectivity index (χ3n) is 3.36. The van der Waals surface area contributed by atoms with Gasteiger partial charge in [-0.2, -0.15) is 0 Å². The molecule has 2 aromatic rings. The van der Waals surface area contributed by atoms with Gasteiger partial charge >= 0.3 is 11.9 Å². The van der Waals surface area contributed by atoms with Gasteiger partial charge in [0.15, 0.2) is 5.70 Å². The van der Waals surface area contributed by atoms with E-state index in [-0.39, 0.29) is 17.2 Å². The number of carbonyl (C=O) groups is 2. The van der Waals surface area contributed by atoms with E-state index in [1.165, 1.54) is 31.4 Å². The Balaban J connectivity index is 1.89. The summed E-state index contributed by atoms with van der Waals surface area (Å²) >= 11 is 0. The van der Waals surface area contributed by atoms with Crippen LogP contribution in [0.2, 0.25) is 0 Å². The molecule has 6 heteroatoms. The van der Waals surface area contributed by atoms with Gasteiger partial charge in [0, 0.05) is 0 Å². The summed E-state index contributed by atoms with van der Waals surface area (Å²) in [4.78, 5) is 27.3. The molecule has 0 atom stereocenters. The number of rotatable bonds is 3. The zero-order chi connectivity index (χ0) is 17.1. The predicted molar refractivity (Wildman–Crippen MR) is 84.8 cm³/mol. The standard InChI is InChI=1S/C18H12FNO4/c1-23-17(21)12-8-6-11(7-9-12)10-15-18(22)24-16(20-15)13-4-2-3-5-14(13)19/h2-10H,1H3/b15-10+. The Kier molecular flexibility index (Phi) is 4.20.